The van der Waals surface area contributed by atoms with Crippen LogP contribution in [0.25, 0.3) is 0 Å². The standard InChI is InChI=1S/C15H26N2O2S/c1-4-5-6-7-9-12(2)17-20(18,19)15-11-8-10-14(16)13(15)3/h8,10-12,17H,4-7,9,16H2,1-3H3. The second kappa shape index (κ2) is 7.64. The number of rotatable bonds is 8. The predicted octanol–water partition coefficient (Wildman–Crippen LogP) is 3.21. The first-order valence-electron chi connectivity index (χ1n) is 7.26. The molecule has 114 valence electrons. The van der Waals surface area contributed by atoms with Gasteiger partial charge in [-0.05, 0) is 38.0 Å². The van der Waals surface area contributed by atoms with Crippen molar-refractivity contribution in [2.24, 2.45) is 0 Å². The van der Waals surface area contributed by atoms with Gasteiger partial charge in [-0.25, -0.2) is 13.1 Å². The Kier molecular flexibility index (Phi) is 6.49. The third-order valence-corrected chi connectivity index (χ3v) is 5.20. The molecule has 20 heavy (non-hydrogen) atoms. The van der Waals surface area contributed by atoms with Gasteiger partial charge in [0.15, 0.2) is 0 Å². The summed E-state index contributed by atoms with van der Waals surface area (Å²) in [4.78, 5) is 0.276. The van der Waals surface area contributed by atoms with Gasteiger partial charge in [-0.15, -0.1) is 0 Å². The zero-order chi connectivity index (χ0) is 15.2. The van der Waals surface area contributed by atoms with Crippen LogP contribution in [0.1, 0.15) is 51.5 Å². The van der Waals surface area contributed by atoms with Gasteiger partial charge in [0.25, 0.3) is 0 Å². The molecule has 0 aliphatic rings. The van der Waals surface area contributed by atoms with E-state index in [0.717, 1.165) is 19.3 Å². The molecule has 0 spiro atoms. The van der Waals surface area contributed by atoms with Crippen molar-refractivity contribution in [1.29, 1.82) is 0 Å². The summed E-state index contributed by atoms with van der Waals surface area (Å²) in [5.74, 6) is 0. The van der Waals surface area contributed by atoms with E-state index in [2.05, 4.69) is 11.6 Å². The predicted molar refractivity (Wildman–Crippen MR) is 84.1 cm³/mol. The van der Waals surface area contributed by atoms with Crippen LogP contribution in [0, 0.1) is 6.92 Å². The van der Waals surface area contributed by atoms with Gasteiger partial charge in [0.1, 0.15) is 0 Å². The molecule has 1 aromatic carbocycles. The highest BCUT2D eigenvalue weighted by atomic mass is 32.2. The molecule has 0 aromatic heterocycles. The van der Waals surface area contributed by atoms with E-state index in [0.29, 0.717) is 11.3 Å². The number of anilines is 1. The lowest BCUT2D eigenvalue weighted by Crippen LogP contribution is -2.33. The third-order valence-electron chi connectivity index (χ3n) is 3.46. The fraction of sp³-hybridized carbons (Fsp3) is 0.600. The highest BCUT2D eigenvalue weighted by Crippen LogP contribution is 2.20. The van der Waals surface area contributed by atoms with Crippen LogP contribution >= 0.6 is 0 Å². The van der Waals surface area contributed by atoms with Crippen LogP contribution in [0.2, 0.25) is 0 Å². The number of benzene rings is 1. The summed E-state index contributed by atoms with van der Waals surface area (Å²) in [6.07, 6.45) is 5.45. The van der Waals surface area contributed by atoms with Crippen LogP contribution in [0.5, 0.6) is 0 Å². The van der Waals surface area contributed by atoms with Gasteiger partial charge >= 0.3 is 0 Å². The summed E-state index contributed by atoms with van der Waals surface area (Å²) in [6.45, 7) is 5.80. The molecule has 0 aliphatic heterocycles. The minimum absolute atomic E-state index is 0.0577. The van der Waals surface area contributed by atoms with Crippen molar-refractivity contribution in [2.45, 2.75) is 63.8 Å². The first-order chi connectivity index (χ1) is 9.38. The number of nitrogens with one attached hydrogen (secondary N) is 1. The second-order valence-corrected chi connectivity index (χ2v) is 7.02. The minimum Gasteiger partial charge on any atom is -0.398 e. The quantitative estimate of drug-likeness (QED) is 0.572. The molecular formula is C15H26N2O2S. The number of hydrogen-bond donors (Lipinski definition) is 2. The molecule has 0 aliphatic carbocycles. The Morgan fingerprint density at radius 3 is 2.60 bits per heavy atom. The largest absolute Gasteiger partial charge is 0.398 e. The molecule has 0 fully saturated rings. The molecule has 3 N–H and O–H groups in total. The first kappa shape index (κ1) is 17.0. The average molecular weight is 298 g/mol. The van der Waals surface area contributed by atoms with Crippen LogP contribution in [0.15, 0.2) is 23.1 Å². The van der Waals surface area contributed by atoms with Crippen molar-refractivity contribution in [2.75, 3.05) is 5.73 Å². The van der Waals surface area contributed by atoms with E-state index < -0.39 is 10.0 Å². The summed E-state index contributed by atoms with van der Waals surface area (Å²) < 4.78 is 27.4. The van der Waals surface area contributed by atoms with Gasteiger partial charge in [0, 0.05) is 11.7 Å². The van der Waals surface area contributed by atoms with E-state index in [1.807, 2.05) is 6.92 Å². The van der Waals surface area contributed by atoms with Gasteiger partial charge in [0.05, 0.1) is 4.90 Å². The van der Waals surface area contributed by atoms with E-state index in [-0.39, 0.29) is 10.9 Å². The van der Waals surface area contributed by atoms with Crippen LogP contribution in [-0.4, -0.2) is 14.5 Å². The maximum absolute atomic E-state index is 12.3. The second-order valence-electron chi connectivity index (χ2n) is 5.34. The smallest absolute Gasteiger partial charge is 0.241 e. The summed E-state index contributed by atoms with van der Waals surface area (Å²) in [5.41, 5.74) is 6.88. The number of sulfonamides is 1. The fourth-order valence-corrected chi connectivity index (χ4v) is 3.74. The normalized spacial score (nSPS) is 13.3. The van der Waals surface area contributed by atoms with Crippen molar-refractivity contribution in [1.82, 2.24) is 4.72 Å². The lowest BCUT2D eigenvalue weighted by Gasteiger charge is -2.16. The molecule has 0 saturated heterocycles. The van der Waals surface area contributed by atoms with Crippen molar-refractivity contribution in [3.8, 4) is 0 Å². The first-order valence-corrected chi connectivity index (χ1v) is 8.74. The summed E-state index contributed by atoms with van der Waals surface area (Å²) in [5, 5.41) is 0. The minimum atomic E-state index is -3.49. The van der Waals surface area contributed by atoms with Crippen molar-refractivity contribution < 1.29 is 8.42 Å². The molecule has 0 heterocycles. The Labute approximate surface area is 122 Å². The molecule has 1 rings (SSSR count). The fourth-order valence-electron chi connectivity index (χ4n) is 2.19. The van der Waals surface area contributed by atoms with Crippen LogP contribution in [0.3, 0.4) is 0 Å². The van der Waals surface area contributed by atoms with Crippen molar-refractivity contribution in [3.05, 3.63) is 23.8 Å². The van der Waals surface area contributed by atoms with E-state index in [4.69, 9.17) is 5.73 Å². The topological polar surface area (TPSA) is 72.2 Å². The molecule has 0 amide bonds. The Morgan fingerprint density at radius 2 is 1.95 bits per heavy atom. The molecule has 4 nitrogen and oxygen atoms in total. The van der Waals surface area contributed by atoms with E-state index in [1.54, 1.807) is 25.1 Å². The van der Waals surface area contributed by atoms with Gasteiger partial charge in [-0.2, -0.15) is 0 Å². The maximum Gasteiger partial charge on any atom is 0.241 e. The van der Waals surface area contributed by atoms with Crippen molar-refractivity contribution >= 4 is 15.7 Å². The molecular weight excluding hydrogens is 272 g/mol. The van der Waals surface area contributed by atoms with Crippen LogP contribution in [-0.2, 0) is 10.0 Å². The Morgan fingerprint density at radius 1 is 1.25 bits per heavy atom. The number of nitrogens with two attached hydrogens (primary N) is 1. The molecule has 1 atom stereocenters. The zero-order valence-electron chi connectivity index (χ0n) is 12.6. The van der Waals surface area contributed by atoms with Gasteiger partial charge in [-0.3, -0.25) is 0 Å². The van der Waals surface area contributed by atoms with Gasteiger partial charge < -0.3 is 5.73 Å². The Balaban J connectivity index is 2.67. The lowest BCUT2D eigenvalue weighted by molar-refractivity contribution is 0.521. The Bertz CT molecular complexity index is 527. The molecule has 1 unspecified atom stereocenters. The molecule has 0 saturated carbocycles. The highest BCUT2D eigenvalue weighted by molar-refractivity contribution is 7.89. The van der Waals surface area contributed by atoms with E-state index in [1.165, 1.54) is 12.8 Å². The molecule has 0 radical (unpaired) electrons. The van der Waals surface area contributed by atoms with Crippen LogP contribution < -0.4 is 10.5 Å². The van der Waals surface area contributed by atoms with Crippen molar-refractivity contribution in [3.63, 3.8) is 0 Å². The summed E-state index contributed by atoms with van der Waals surface area (Å²) in [6, 6.07) is 4.92. The zero-order valence-corrected chi connectivity index (χ0v) is 13.5. The van der Waals surface area contributed by atoms with Crippen LogP contribution in [0.4, 0.5) is 5.69 Å². The van der Waals surface area contributed by atoms with E-state index in [9.17, 15) is 8.42 Å². The van der Waals surface area contributed by atoms with Gasteiger partial charge in [-0.1, -0.05) is 38.7 Å². The van der Waals surface area contributed by atoms with Gasteiger partial charge in [0.2, 0.25) is 10.0 Å². The summed E-state index contributed by atoms with van der Waals surface area (Å²) in [7, 11) is -3.49. The lowest BCUT2D eigenvalue weighted by atomic mass is 10.1. The Hall–Kier alpha value is -1.07. The average Bonchev–Trinajstić information content (AvgIpc) is 2.37. The number of nitrogen functional groups attached to an aromatic ring is 1. The molecule has 0 bridgehead atoms. The summed E-state index contributed by atoms with van der Waals surface area (Å²) >= 11 is 0. The number of unbranched alkanes of at least 4 members (excludes halogenated alkanes) is 3. The molecule has 1 aromatic rings. The van der Waals surface area contributed by atoms with E-state index >= 15 is 0 Å². The highest BCUT2D eigenvalue weighted by Gasteiger charge is 2.19. The molecule has 5 heteroatoms. The number of hydrogen-bond acceptors (Lipinski definition) is 3. The maximum atomic E-state index is 12.3. The monoisotopic (exact) mass is 298 g/mol. The SMILES string of the molecule is CCCCCCC(C)NS(=O)(=O)c1cccc(N)c1C. The third kappa shape index (κ3) is 4.80.